The van der Waals surface area contributed by atoms with Gasteiger partial charge in [0.15, 0.2) is 0 Å². The van der Waals surface area contributed by atoms with Crippen LogP contribution in [0.5, 0.6) is 0 Å². The molecule has 0 radical (unpaired) electrons. The van der Waals surface area contributed by atoms with Crippen LogP contribution in [0.2, 0.25) is 0 Å². The molecule has 8 nitrogen and oxygen atoms in total. The van der Waals surface area contributed by atoms with Crippen LogP contribution >= 0.6 is 0 Å². The van der Waals surface area contributed by atoms with E-state index in [1.165, 1.54) is 35.6 Å². The van der Waals surface area contributed by atoms with Crippen molar-refractivity contribution in [3.05, 3.63) is 24.3 Å². The fourth-order valence-corrected chi connectivity index (χ4v) is 5.09. The molecule has 0 spiro atoms. The molecular formula is C14H20N2O6S2. The van der Waals surface area contributed by atoms with Crippen molar-refractivity contribution >= 4 is 26.0 Å². The van der Waals surface area contributed by atoms with E-state index in [1.54, 1.807) is 6.92 Å². The summed E-state index contributed by atoms with van der Waals surface area (Å²) in [6.07, 6.45) is 0.893. The van der Waals surface area contributed by atoms with Crippen molar-refractivity contribution in [3.8, 4) is 0 Å². The Balaban J connectivity index is 2.34. The summed E-state index contributed by atoms with van der Waals surface area (Å²) in [7, 11) is -6.28. The maximum atomic E-state index is 12.8. The lowest BCUT2D eigenvalue weighted by molar-refractivity contribution is -0.143. The summed E-state index contributed by atoms with van der Waals surface area (Å²) in [4.78, 5) is 11.1. The van der Waals surface area contributed by atoms with Crippen molar-refractivity contribution in [2.45, 2.75) is 35.6 Å². The van der Waals surface area contributed by atoms with Crippen molar-refractivity contribution in [3.63, 3.8) is 0 Å². The lowest BCUT2D eigenvalue weighted by atomic mass is 9.96. The number of hydrogen-bond acceptors (Lipinski definition) is 5. The molecule has 10 heteroatoms. The molecule has 1 aliphatic heterocycles. The molecule has 0 aromatic heterocycles. The van der Waals surface area contributed by atoms with Crippen LogP contribution in [0, 0.1) is 5.92 Å². The summed E-state index contributed by atoms with van der Waals surface area (Å²) in [5.41, 5.74) is 0. The van der Waals surface area contributed by atoms with Crippen molar-refractivity contribution < 1.29 is 26.7 Å². The van der Waals surface area contributed by atoms with E-state index in [2.05, 4.69) is 4.72 Å². The van der Waals surface area contributed by atoms with Gasteiger partial charge in [-0.2, -0.15) is 4.31 Å². The average Bonchev–Trinajstić information content (AvgIpc) is 2.55. The van der Waals surface area contributed by atoms with E-state index >= 15 is 0 Å². The Morgan fingerprint density at radius 1 is 1.12 bits per heavy atom. The first-order valence-corrected chi connectivity index (χ1v) is 10.3. The number of piperidine rings is 1. The van der Waals surface area contributed by atoms with E-state index in [9.17, 15) is 21.6 Å². The SMILES string of the molecule is CNS(=O)(=O)c1ccc(S(=O)(=O)N2CC(C(=O)O)CCC2C)cc1. The number of carbonyl (C=O) groups is 1. The summed E-state index contributed by atoms with van der Waals surface area (Å²) in [5.74, 6) is -1.75. The highest BCUT2D eigenvalue weighted by Gasteiger charge is 2.37. The lowest BCUT2D eigenvalue weighted by Crippen LogP contribution is -2.47. The Morgan fingerprint density at radius 2 is 1.67 bits per heavy atom. The van der Waals surface area contributed by atoms with Crippen LogP contribution in [0.4, 0.5) is 0 Å². The van der Waals surface area contributed by atoms with E-state index in [0.717, 1.165) is 0 Å². The number of carboxylic acids is 1. The molecule has 1 saturated heterocycles. The standard InChI is InChI=1S/C14H20N2O6S2/c1-10-3-4-11(14(17)18)9-16(10)24(21,22)13-7-5-12(6-8-13)23(19,20)15-2/h5-8,10-11,15H,3-4,9H2,1-2H3,(H,17,18). The van der Waals surface area contributed by atoms with E-state index in [4.69, 9.17) is 5.11 Å². The first-order valence-electron chi connectivity index (χ1n) is 7.38. The molecule has 1 heterocycles. The molecule has 1 aromatic carbocycles. The topological polar surface area (TPSA) is 121 Å². The predicted octanol–water partition coefficient (Wildman–Crippen LogP) is 0.469. The van der Waals surface area contributed by atoms with Gasteiger partial charge in [-0.15, -0.1) is 0 Å². The van der Waals surface area contributed by atoms with Crippen LogP contribution in [0.15, 0.2) is 34.1 Å². The highest BCUT2D eigenvalue weighted by molar-refractivity contribution is 7.89. The number of carboxylic acid groups (broad SMARTS) is 1. The fraction of sp³-hybridized carbons (Fsp3) is 0.500. The van der Waals surface area contributed by atoms with Crippen LogP contribution in [-0.2, 0) is 24.8 Å². The Labute approximate surface area is 141 Å². The van der Waals surface area contributed by atoms with Gasteiger partial charge in [-0.05, 0) is 51.1 Å². The number of rotatable bonds is 5. The number of nitrogens with one attached hydrogen (secondary N) is 1. The largest absolute Gasteiger partial charge is 0.481 e. The van der Waals surface area contributed by atoms with Gasteiger partial charge in [0.05, 0.1) is 15.7 Å². The molecule has 2 atom stereocenters. The first kappa shape index (κ1) is 18.8. The maximum absolute atomic E-state index is 12.8. The summed E-state index contributed by atoms with van der Waals surface area (Å²) in [6.45, 7) is 1.64. The van der Waals surface area contributed by atoms with Crippen molar-refractivity contribution in [1.29, 1.82) is 0 Å². The minimum absolute atomic E-state index is 0.0425. The van der Waals surface area contributed by atoms with Crippen LogP contribution in [0.3, 0.4) is 0 Å². The van der Waals surface area contributed by atoms with Crippen LogP contribution in [-0.4, -0.2) is 51.9 Å². The third-order valence-corrected chi connectivity index (χ3v) is 7.61. The van der Waals surface area contributed by atoms with E-state index < -0.39 is 31.9 Å². The number of nitrogens with zero attached hydrogens (tertiary/aromatic N) is 1. The Morgan fingerprint density at radius 3 is 2.17 bits per heavy atom. The molecule has 0 saturated carbocycles. The summed E-state index contributed by atoms with van der Waals surface area (Å²) in [6, 6.07) is 4.54. The fourth-order valence-electron chi connectivity index (χ4n) is 2.66. The number of benzene rings is 1. The van der Waals surface area contributed by atoms with Gasteiger partial charge in [-0.25, -0.2) is 21.6 Å². The van der Waals surface area contributed by atoms with E-state index in [1.807, 2.05) is 0 Å². The molecule has 2 N–H and O–H groups in total. The van der Waals surface area contributed by atoms with Crippen molar-refractivity contribution in [1.82, 2.24) is 9.03 Å². The van der Waals surface area contributed by atoms with Gasteiger partial charge >= 0.3 is 5.97 Å². The first-order chi connectivity index (χ1) is 11.1. The third-order valence-electron chi connectivity index (χ3n) is 4.18. The summed E-state index contributed by atoms with van der Waals surface area (Å²) < 4.78 is 52.3. The molecule has 2 unspecified atom stereocenters. The maximum Gasteiger partial charge on any atom is 0.307 e. The molecule has 134 valence electrons. The number of hydrogen-bond donors (Lipinski definition) is 2. The van der Waals surface area contributed by atoms with Crippen LogP contribution in [0.25, 0.3) is 0 Å². The molecule has 0 amide bonds. The second kappa shape index (κ2) is 6.79. The van der Waals surface area contributed by atoms with Gasteiger partial charge in [0.2, 0.25) is 20.0 Å². The van der Waals surface area contributed by atoms with Gasteiger partial charge in [0.1, 0.15) is 0 Å². The zero-order valence-electron chi connectivity index (χ0n) is 13.3. The van der Waals surface area contributed by atoms with Crippen molar-refractivity contribution in [2.75, 3.05) is 13.6 Å². The van der Waals surface area contributed by atoms with Crippen LogP contribution in [0.1, 0.15) is 19.8 Å². The van der Waals surface area contributed by atoms with Crippen molar-refractivity contribution in [2.24, 2.45) is 5.92 Å². The highest BCUT2D eigenvalue weighted by Crippen LogP contribution is 2.28. The zero-order valence-corrected chi connectivity index (χ0v) is 15.0. The highest BCUT2D eigenvalue weighted by atomic mass is 32.2. The lowest BCUT2D eigenvalue weighted by Gasteiger charge is -2.35. The normalized spacial score (nSPS) is 23.1. The molecule has 0 aliphatic carbocycles. The minimum atomic E-state index is -3.89. The van der Waals surface area contributed by atoms with Gasteiger partial charge in [0, 0.05) is 12.6 Å². The minimum Gasteiger partial charge on any atom is -0.481 e. The molecular weight excluding hydrogens is 356 g/mol. The summed E-state index contributed by atoms with van der Waals surface area (Å²) in [5, 5.41) is 9.14. The Hall–Kier alpha value is -1.49. The molecule has 1 aromatic rings. The van der Waals surface area contributed by atoms with Gasteiger partial charge in [-0.1, -0.05) is 0 Å². The molecule has 24 heavy (non-hydrogen) atoms. The van der Waals surface area contributed by atoms with Gasteiger partial charge in [0.25, 0.3) is 0 Å². The predicted molar refractivity (Wildman–Crippen MR) is 86.4 cm³/mol. The number of aliphatic carboxylic acids is 1. The van der Waals surface area contributed by atoms with Gasteiger partial charge < -0.3 is 5.11 Å². The quantitative estimate of drug-likeness (QED) is 0.770. The van der Waals surface area contributed by atoms with Crippen LogP contribution < -0.4 is 4.72 Å². The molecule has 1 fully saturated rings. The second-order valence-corrected chi connectivity index (χ2v) is 9.49. The summed E-state index contributed by atoms with van der Waals surface area (Å²) >= 11 is 0. The monoisotopic (exact) mass is 376 g/mol. The third kappa shape index (κ3) is 3.61. The van der Waals surface area contributed by atoms with Gasteiger partial charge in [-0.3, -0.25) is 4.79 Å². The zero-order chi connectivity index (χ0) is 18.1. The molecule has 2 rings (SSSR count). The molecule has 0 bridgehead atoms. The Bertz CT molecular complexity index is 817. The Kier molecular flexibility index (Phi) is 5.33. The number of sulfonamides is 2. The average molecular weight is 376 g/mol. The second-order valence-electron chi connectivity index (χ2n) is 5.72. The molecule has 1 aliphatic rings. The van der Waals surface area contributed by atoms with E-state index in [-0.39, 0.29) is 22.4 Å². The smallest absolute Gasteiger partial charge is 0.307 e. The van der Waals surface area contributed by atoms with E-state index in [0.29, 0.717) is 12.8 Å².